The molecule has 3 aromatic rings. The van der Waals surface area contributed by atoms with Gasteiger partial charge in [0.05, 0.1) is 35.2 Å². The van der Waals surface area contributed by atoms with Crippen LogP contribution in [0.1, 0.15) is 27.9 Å². The highest BCUT2D eigenvalue weighted by atomic mass is 32.2. The zero-order valence-electron chi connectivity index (χ0n) is 17.4. The van der Waals surface area contributed by atoms with E-state index in [1.165, 1.54) is 30.2 Å². The lowest BCUT2D eigenvalue weighted by atomic mass is 9.99. The number of aryl methyl sites for hydroxylation is 1. The molecule has 8 nitrogen and oxygen atoms in total. The maximum absolute atomic E-state index is 13.2. The van der Waals surface area contributed by atoms with Crippen LogP contribution in [0.5, 0.6) is 5.75 Å². The van der Waals surface area contributed by atoms with Crippen LogP contribution in [-0.4, -0.2) is 40.7 Å². The average Bonchev–Trinajstić information content (AvgIpc) is 3.21. The second kappa shape index (κ2) is 10.8. The highest BCUT2D eigenvalue weighted by Crippen LogP contribution is 2.29. The van der Waals surface area contributed by atoms with Crippen molar-refractivity contribution in [3.05, 3.63) is 65.4 Å². The quantitative estimate of drug-likeness (QED) is 0.300. The van der Waals surface area contributed by atoms with Gasteiger partial charge in [0.25, 0.3) is 0 Å². The van der Waals surface area contributed by atoms with E-state index < -0.39 is 12.0 Å². The fourth-order valence-electron chi connectivity index (χ4n) is 2.81. The molecule has 0 fully saturated rings. The van der Waals surface area contributed by atoms with Gasteiger partial charge in [0.15, 0.2) is 10.9 Å². The lowest BCUT2D eigenvalue weighted by Gasteiger charge is -2.13. The first-order chi connectivity index (χ1) is 15.4. The topological polar surface area (TPSA) is 118 Å². The number of carbonyl (C=O) groups excluding carboxylic acids is 2. The Bertz CT molecular complexity index is 1150. The van der Waals surface area contributed by atoms with E-state index in [2.05, 4.69) is 15.6 Å². The molecular weight excluding hydrogens is 450 g/mol. The number of ketones is 1. The number of carboxylic acids is 1. The van der Waals surface area contributed by atoms with Gasteiger partial charge in [0.2, 0.25) is 0 Å². The average molecular weight is 472 g/mol. The van der Waals surface area contributed by atoms with Gasteiger partial charge in [-0.3, -0.25) is 14.9 Å². The molecule has 0 atom stereocenters. The molecule has 0 aliphatic rings. The number of ether oxygens (including phenoxy) is 1. The summed E-state index contributed by atoms with van der Waals surface area (Å²) in [6.45, 7) is 1.86. The number of carbonyl (C=O) groups is 3. The van der Waals surface area contributed by atoms with E-state index in [0.717, 1.165) is 9.77 Å². The van der Waals surface area contributed by atoms with Crippen molar-refractivity contribution < 1.29 is 24.2 Å². The van der Waals surface area contributed by atoms with Gasteiger partial charge >= 0.3 is 12.0 Å². The van der Waals surface area contributed by atoms with Crippen molar-refractivity contribution in [3.63, 3.8) is 0 Å². The van der Waals surface area contributed by atoms with E-state index in [1.54, 1.807) is 48.7 Å². The summed E-state index contributed by atoms with van der Waals surface area (Å²) in [6, 6.07) is 11.6. The second-order valence-electron chi connectivity index (χ2n) is 6.63. The fourth-order valence-corrected chi connectivity index (χ4v) is 4.68. The summed E-state index contributed by atoms with van der Waals surface area (Å²) in [7, 11) is 1.50. The number of nitrogens with zero attached hydrogens (tertiary/aromatic N) is 1. The van der Waals surface area contributed by atoms with Gasteiger partial charge in [-0.1, -0.05) is 35.1 Å². The van der Waals surface area contributed by atoms with E-state index in [-0.39, 0.29) is 12.2 Å². The van der Waals surface area contributed by atoms with Crippen LogP contribution >= 0.6 is 23.1 Å². The highest BCUT2D eigenvalue weighted by Gasteiger charge is 2.19. The van der Waals surface area contributed by atoms with E-state index in [0.29, 0.717) is 33.4 Å². The Morgan fingerprint density at radius 1 is 1.12 bits per heavy atom. The Labute approximate surface area is 193 Å². The third-order valence-electron chi connectivity index (χ3n) is 4.28. The van der Waals surface area contributed by atoms with Gasteiger partial charge in [-0.05, 0) is 31.2 Å². The van der Waals surface area contributed by atoms with Crippen LogP contribution in [0.2, 0.25) is 0 Å². The summed E-state index contributed by atoms with van der Waals surface area (Å²) in [5, 5.41) is 14.4. The predicted octanol–water partition coefficient (Wildman–Crippen LogP) is 4.90. The van der Waals surface area contributed by atoms with Crippen LogP contribution in [0.25, 0.3) is 0 Å². The number of methoxy groups -OCH3 is 1. The molecule has 166 valence electrons. The van der Waals surface area contributed by atoms with Crippen molar-refractivity contribution in [1.29, 1.82) is 0 Å². The van der Waals surface area contributed by atoms with Crippen molar-refractivity contribution in [2.24, 2.45) is 0 Å². The second-order valence-corrected chi connectivity index (χ2v) is 9.06. The molecule has 0 radical (unpaired) electrons. The number of thioether (sulfide) groups is 1. The molecule has 0 spiro atoms. The number of aromatic nitrogens is 1. The van der Waals surface area contributed by atoms with Gasteiger partial charge in [0.1, 0.15) is 5.75 Å². The van der Waals surface area contributed by atoms with Gasteiger partial charge in [-0.2, -0.15) is 0 Å². The zero-order valence-corrected chi connectivity index (χ0v) is 19.0. The maximum atomic E-state index is 13.2. The summed E-state index contributed by atoms with van der Waals surface area (Å²) < 4.78 is 6.09. The van der Waals surface area contributed by atoms with Gasteiger partial charge in [-0.15, -0.1) is 11.8 Å². The van der Waals surface area contributed by atoms with Crippen LogP contribution in [0.15, 0.2) is 52.9 Å². The van der Waals surface area contributed by atoms with Crippen molar-refractivity contribution in [1.82, 2.24) is 4.98 Å². The standard InChI is InChI=1S/C22H21N3O5S2/c1-13-7-8-16(15(11-13)20(28)14-5-3-4-6-17(14)30-2)24-21(29)25-22-23-12-19(32-22)31-10-9-18(26)27/h3-8,11-12H,9-10H2,1-2H3,(H,26,27)(H2,23,24,25,29). The Morgan fingerprint density at radius 2 is 1.91 bits per heavy atom. The van der Waals surface area contributed by atoms with E-state index in [9.17, 15) is 14.4 Å². The number of para-hydroxylation sites is 1. The third-order valence-corrected chi connectivity index (χ3v) is 6.39. The lowest BCUT2D eigenvalue weighted by Crippen LogP contribution is -2.21. The van der Waals surface area contributed by atoms with Gasteiger partial charge in [0, 0.05) is 11.3 Å². The Kier molecular flexibility index (Phi) is 7.85. The number of carboxylic acid groups (broad SMARTS) is 1. The number of thiazole rings is 1. The molecule has 2 amide bonds. The van der Waals surface area contributed by atoms with Crippen molar-refractivity contribution in [3.8, 4) is 5.75 Å². The number of hydrogen-bond acceptors (Lipinski definition) is 7. The summed E-state index contributed by atoms with van der Waals surface area (Å²) in [5.74, 6) is -0.268. The zero-order chi connectivity index (χ0) is 23.1. The number of benzene rings is 2. The molecule has 0 bridgehead atoms. The Hall–Kier alpha value is -3.37. The minimum absolute atomic E-state index is 0.0439. The molecule has 1 aromatic heterocycles. The molecule has 0 aliphatic heterocycles. The molecule has 3 rings (SSSR count). The van der Waals surface area contributed by atoms with E-state index in [4.69, 9.17) is 9.84 Å². The first-order valence-corrected chi connectivity index (χ1v) is 11.3. The van der Waals surface area contributed by atoms with E-state index >= 15 is 0 Å². The number of amides is 2. The normalized spacial score (nSPS) is 10.4. The molecule has 2 aromatic carbocycles. The number of aliphatic carboxylic acids is 1. The number of rotatable bonds is 9. The molecule has 0 aliphatic carbocycles. The van der Waals surface area contributed by atoms with Crippen LogP contribution in [0.4, 0.5) is 15.6 Å². The highest BCUT2D eigenvalue weighted by molar-refractivity contribution is 8.01. The molecule has 3 N–H and O–H groups in total. The SMILES string of the molecule is COc1ccccc1C(=O)c1cc(C)ccc1NC(=O)Nc1ncc(SCCC(=O)O)s1. The summed E-state index contributed by atoms with van der Waals surface area (Å²) in [5.41, 5.74) is 1.97. The summed E-state index contributed by atoms with van der Waals surface area (Å²) in [4.78, 5) is 40.5. The van der Waals surface area contributed by atoms with Crippen LogP contribution in [0.3, 0.4) is 0 Å². The Balaban J connectivity index is 1.73. The first-order valence-electron chi connectivity index (χ1n) is 9.54. The summed E-state index contributed by atoms with van der Waals surface area (Å²) in [6.07, 6.45) is 1.62. The number of urea groups is 1. The van der Waals surface area contributed by atoms with E-state index in [1.807, 2.05) is 6.92 Å². The van der Waals surface area contributed by atoms with Crippen LogP contribution in [0, 0.1) is 6.92 Å². The number of anilines is 2. The fraction of sp³-hybridized carbons (Fsp3) is 0.182. The minimum atomic E-state index is -0.865. The largest absolute Gasteiger partial charge is 0.496 e. The molecule has 0 unspecified atom stereocenters. The lowest BCUT2D eigenvalue weighted by molar-refractivity contribution is -0.136. The van der Waals surface area contributed by atoms with Crippen LogP contribution < -0.4 is 15.4 Å². The molecule has 10 heteroatoms. The first kappa shape index (κ1) is 23.3. The third kappa shape index (κ3) is 6.08. The molecule has 1 heterocycles. The smallest absolute Gasteiger partial charge is 0.325 e. The molecule has 0 saturated heterocycles. The molecule has 0 saturated carbocycles. The van der Waals surface area contributed by atoms with Gasteiger partial charge in [-0.25, -0.2) is 9.78 Å². The van der Waals surface area contributed by atoms with Crippen molar-refractivity contribution >= 4 is 51.7 Å². The number of nitrogens with one attached hydrogen (secondary N) is 2. The minimum Gasteiger partial charge on any atom is -0.496 e. The Morgan fingerprint density at radius 3 is 2.66 bits per heavy atom. The molecular formula is C22H21N3O5S2. The maximum Gasteiger partial charge on any atom is 0.325 e. The van der Waals surface area contributed by atoms with Crippen molar-refractivity contribution in [2.45, 2.75) is 17.6 Å². The number of hydrogen-bond donors (Lipinski definition) is 3. The van der Waals surface area contributed by atoms with Crippen LogP contribution in [-0.2, 0) is 4.79 Å². The predicted molar refractivity (Wildman–Crippen MR) is 125 cm³/mol. The monoisotopic (exact) mass is 471 g/mol. The van der Waals surface area contributed by atoms with Crippen molar-refractivity contribution in [2.75, 3.05) is 23.5 Å². The molecule has 32 heavy (non-hydrogen) atoms. The van der Waals surface area contributed by atoms with Gasteiger partial charge < -0.3 is 15.2 Å². The summed E-state index contributed by atoms with van der Waals surface area (Å²) >= 11 is 2.60.